The second-order valence-electron chi connectivity index (χ2n) is 2.15. The van der Waals surface area contributed by atoms with Gasteiger partial charge >= 0.3 is 0 Å². The first-order valence-electron chi connectivity index (χ1n) is 2.18. The van der Waals surface area contributed by atoms with Gasteiger partial charge < -0.3 is 5.73 Å². The smallest absolute Gasteiger partial charge is 0.253 e. The van der Waals surface area contributed by atoms with Crippen molar-refractivity contribution >= 4 is 17.7 Å². The number of rotatable bonds is 1. The molecule has 3 nitrogen and oxygen atoms in total. The summed E-state index contributed by atoms with van der Waals surface area (Å²) in [5, 5.41) is 0. The third-order valence-electron chi connectivity index (χ3n) is 0.671. The van der Waals surface area contributed by atoms with Gasteiger partial charge in [-0.3, -0.25) is 9.63 Å². The average Bonchev–Trinajstić information content (AvgIpc) is 1.62. The van der Waals surface area contributed by atoms with E-state index in [1.165, 1.54) is 0 Å². The minimum atomic E-state index is -0.873. The second-order valence-corrected chi connectivity index (χ2v) is 2.33. The highest BCUT2D eigenvalue weighted by Crippen LogP contribution is 1.94. The van der Waals surface area contributed by atoms with E-state index in [4.69, 9.17) is 17.5 Å². The van der Waals surface area contributed by atoms with E-state index in [2.05, 4.69) is 0 Å². The molecular weight excluding hydrogens is 128 g/mol. The lowest BCUT2D eigenvalue weighted by atomic mass is 10.1. The molecule has 8 heavy (non-hydrogen) atoms. The molecule has 0 rings (SSSR count). The van der Waals surface area contributed by atoms with Crippen LogP contribution in [-0.4, -0.2) is 11.4 Å². The molecule has 0 atom stereocenters. The van der Waals surface area contributed by atoms with Crippen LogP contribution in [0.15, 0.2) is 0 Å². The lowest BCUT2D eigenvalue weighted by Crippen LogP contribution is -2.46. The average molecular weight is 137 g/mol. The number of nitrogens with one attached hydrogen (secondary N) is 1. The maximum Gasteiger partial charge on any atom is 0.253 e. The van der Waals surface area contributed by atoms with E-state index >= 15 is 0 Å². The van der Waals surface area contributed by atoms with Crippen molar-refractivity contribution in [2.45, 2.75) is 19.4 Å². The van der Waals surface area contributed by atoms with Crippen molar-refractivity contribution in [2.75, 3.05) is 0 Å². The molecule has 0 aromatic heterocycles. The minimum Gasteiger partial charge on any atom is -0.318 e. The van der Waals surface area contributed by atoms with Gasteiger partial charge in [0.05, 0.1) is 5.54 Å². The van der Waals surface area contributed by atoms with Crippen LogP contribution in [0.4, 0.5) is 0 Å². The number of halogens is 1. The van der Waals surface area contributed by atoms with Crippen molar-refractivity contribution < 1.29 is 4.79 Å². The van der Waals surface area contributed by atoms with Crippen molar-refractivity contribution in [2.24, 2.45) is 5.73 Å². The molecule has 48 valence electrons. The van der Waals surface area contributed by atoms with Gasteiger partial charge in [0.25, 0.3) is 5.91 Å². The van der Waals surface area contributed by atoms with E-state index in [9.17, 15) is 4.79 Å². The van der Waals surface area contributed by atoms with Crippen LogP contribution in [0, 0.1) is 0 Å². The van der Waals surface area contributed by atoms with Crippen molar-refractivity contribution in [3.05, 3.63) is 0 Å². The SMILES string of the molecule is CC(C)(N)C(=O)NCl. The summed E-state index contributed by atoms with van der Waals surface area (Å²) in [6.07, 6.45) is 0. The standard InChI is InChI=1S/C4H9ClN2O/c1-4(2,6)3(8)7-5/h6H2,1-2H3,(H,7,8). The van der Waals surface area contributed by atoms with Gasteiger partial charge in [-0.15, -0.1) is 0 Å². The number of amides is 1. The summed E-state index contributed by atoms with van der Waals surface area (Å²) in [7, 11) is 0. The molecule has 0 aliphatic heterocycles. The Morgan fingerprint density at radius 2 is 2.12 bits per heavy atom. The van der Waals surface area contributed by atoms with Gasteiger partial charge in [-0.05, 0) is 13.8 Å². The van der Waals surface area contributed by atoms with Crippen molar-refractivity contribution in [3.63, 3.8) is 0 Å². The molecule has 0 unspecified atom stereocenters. The highest BCUT2D eigenvalue weighted by Gasteiger charge is 2.20. The van der Waals surface area contributed by atoms with E-state index in [0.29, 0.717) is 0 Å². The van der Waals surface area contributed by atoms with Crippen molar-refractivity contribution in [1.82, 2.24) is 4.84 Å². The molecule has 0 spiro atoms. The summed E-state index contributed by atoms with van der Waals surface area (Å²) >= 11 is 4.96. The molecule has 0 fully saturated rings. The quantitative estimate of drug-likeness (QED) is 0.499. The Morgan fingerprint density at radius 3 is 2.12 bits per heavy atom. The zero-order chi connectivity index (χ0) is 6.78. The lowest BCUT2D eigenvalue weighted by Gasteiger charge is -2.13. The van der Waals surface area contributed by atoms with Gasteiger partial charge in [0.2, 0.25) is 0 Å². The van der Waals surface area contributed by atoms with Crippen molar-refractivity contribution in [3.8, 4) is 0 Å². The Morgan fingerprint density at radius 1 is 1.75 bits per heavy atom. The number of carbonyl (C=O) groups is 1. The van der Waals surface area contributed by atoms with Crippen LogP contribution in [0.25, 0.3) is 0 Å². The number of hydrogen-bond acceptors (Lipinski definition) is 2. The molecule has 0 saturated carbocycles. The van der Waals surface area contributed by atoms with Crippen LogP contribution in [0.1, 0.15) is 13.8 Å². The maximum absolute atomic E-state index is 10.5. The molecule has 0 aliphatic rings. The molecule has 0 bridgehead atoms. The third-order valence-corrected chi connectivity index (χ3v) is 0.843. The highest BCUT2D eigenvalue weighted by atomic mass is 35.5. The summed E-state index contributed by atoms with van der Waals surface area (Å²) in [6, 6.07) is 0. The van der Waals surface area contributed by atoms with Crippen LogP contribution in [0.5, 0.6) is 0 Å². The molecule has 0 aromatic carbocycles. The molecular formula is C4H9ClN2O. The van der Waals surface area contributed by atoms with Crippen molar-refractivity contribution in [1.29, 1.82) is 0 Å². The fourth-order valence-corrected chi connectivity index (χ4v) is 0.365. The third kappa shape index (κ3) is 2.14. The molecule has 1 amide bonds. The van der Waals surface area contributed by atoms with E-state index in [1.54, 1.807) is 13.8 Å². The zero-order valence-electron chi connectivity index (χ0n) is 4.86. The molecule has 0 aliphatic carbocycles. The Kier molecular flexibility index (Phi) is 2.25. The molecule has 0 saturated heterocycles. The minimum absolute atomic E-state index is 0.376. The topological polar surface area (TPSA) is 55.1 Å². The van der Waals surface area contributed by atoms with Crippen LogP contribution in [-0.2, 0) is 4.79 Å². The van der Waals surface area contributed by atoms with E-state index in [-0.39, 0.29) is 5.91 Å². The summed E-state index contributed by atoms with van der Waals surface area (Å²) in [4.78, 5) is 12.4. The molecule has 4 heteroatoms. The largest absolute Gasteiger partial charge is 0.318 e. The Labute approximate surface area is 53.3 Å². The highest BCUT2D eigenvalue weighted by molar-refractivity contribution is 6.22. The maximum atomic E-state index is 10.5. The molecule has 0 aromatic rings. The Hall–Kier alpha value is -0.280. The van der Waals surface area contributed by atoms with Crippen LogP contribution >= 0.6 is 11.8 Å². The number of nitrogens with two attached hydrogens (primary N) is 1. The fraction of sp³-hybridized carbons (Fsp3) is 0.750. The first-order valence-corrected chi connectivity index (χ1v) is 2.56. The molecule has 0 radical (unpaired) electrons. The summed E-state index contributed by atoms with van der Waals surface area (Å²) in [6.45, 7) is 3.15. The van der Waals surface area contributed by atoms with Gasteiger partial charge in [-0.25, -0.2) is 0 Å². The van der Waals surface area contributed by atoms with E-state index in [1.807, 2.05) is 4.84 Å². The summed E-state index contributed by atoms with van der Waals surface area (Å²) < 4.78 is 0. The Balaban J connectivity index is 3.82. The zero-order valence-corrected chi connectivity index (χ0v) is 5.62. The van der Waals surface area contributed by atoms with Gasteiger partial charge in [-0.1, -0.05) is 0 Å². The van der Waals surface area contributed by atoms with Crippen LogP contribution in [0.3, 0.4) is 0 Å². The van der Waals surface area contributed by atoms with E-state index < -0.39 is 5.54 Å². The monoisotopic (exact) mass is 136 g/mol. The van der Waals surface area contributed by atoms with Gasteiger partial charge in [-0.2, -0.15) is 0 Å². The van der Waals surface area contributed by atoms with Gasteiger partial charge in [0.1, 0.15) is 0 Å². The fourth-order valence-electron chi connectivity index (χ4n) is 0.122. The predicted octanol–water partition coefficient (Wildman–Crippen LogP) is -0.00630. The van der Waals surface area contributed by atoms with Gasteiger partial charge in [0.15, 0.2) is 0 Å². The first-order chi connectivity index (χ1) is 3.48. The van der Waals surface area contributed by atoms with Crippen LogP contribution < -0.4 is 10.6 Å². The van der Waals surface area contributed by atoms with Gasteiger partial charge in [0, 0.05) is 11.8 Å². The number of hydrogen-bond donors (Lipinski definition) is 2. The van der Waals surface area contributed by atoms with Crippen LogP contribution in [0.2, 0.25) is 0 Å². The predicted molar refractivity (Wildman–Crippen MR) is 32.3 cm³/mol. The number of carbonyl (C=O) groups excluding carboxylic acids is 1. The lowest BCUT2D eigenvalue weighted by molar-refractivity contribution is -0.123. The molecule has 3 N–H and O–H groups in total. The normalized spacial score (nSPS) is 11.0. The summed E-state index contributed by atoms with van der Waals surface area (Å²) in [5.74, 6) is -0.376. The Bertz CT molecular complexity index is 96.7. The second kappa shape index (κ2) is 2.33. The first kappa shape index (κ1) is 7.72. The molecule has 0 heterocycles. The van der Waals surface area contributed by atoms with E-state index in [0.717, 1.165) is 0 Å². The summed E-state index contributed by atoms with van der Waals surface area (Å²) in [5.41, 5.74) is 4.42.